The maximum Gasteiger partial charge on any atom is 0.137 e. The van der Waals surface area contributed by atoms with Crippen molar-refractivity contribution in [1.82, 2.24) is 9.55 Å². The molecular formula is C94H90N4O. The Kier molecular flexibility index (Phi) is 14.7. The third kappa shape index (κ3) is 10.7. The Morgan fingerprint density at radius 1 is 0.354 bits per heavy atom. The van der Waals surface area contributed by atoms with Crippen LogP contribution in [0.1, 0.15) is 165 Å². The number of ether oxygens (including phenoxy) is 1. The van der Waals surface area contributed by atoms with Crippen LogP contribution in [0.15, 0.2) is 249 Å². The molecule has 0 bridgehead atoms. The lowest BCUT2D eigenvalue weighted by atomic mass is 9.61. The van der Waals surface area contributed by atoms with Gasteiger partial charge in [-0.2, -0.15) is 0 Å². The molecule has 3 aliphatic rings. The minimum Gasteiger partial charge on any atom is -0.457 e. The van der Waals surface area contributed by atoms with Gasteiger partial charge in [-0.25, -0.2) is 4.98 Å². The first-order valence-electron chi connectivity index (χ1n) is 35.6. The highest BCUT2D eigenvalue weighted by atomic mass is 16.5. The Labute approximate surface area is 586 Å². The standard InChI is InChI=1S/C94H90N4O/c1-89(2,3)64-31-26-30-59(47-64)77-57-95-87(56-82(77)93(13,14)15)98-83-39-23-19-35-72(83)73-44-43-70(55-86(73)98)99-69-33-27-32-68(54-69)96-58-97(85-41-25-24-40-84(85)96)88-74(52-67(92(10,11)12)53-75(88)63-48-65(90(4,5)6)51-66(49-63)91(7,8)9)60-42-45-81-76(50-60)71-34-18-22-38-80(71)94(81)78-36-20-16-28-61(78)46-62-29-17-21-37-79(62)94/h16-45,47-57H,46,58H2,1-15H3. The fraction of sp³-hybridized carbons (Fsp3) is 0.245. The molecule has 5 nitrogen and oxygen atoms in total. The van der Waals surface area contributed by atoms with E-state index < -0.39 is 5.41 Å². The van der Waals surface area contributed by atoms with Crippen LogP contribution in [0.5, 0.6) is 11.5 Å². The van der Waals surface area contributed by atoms with Gasteiger partial charge in [-0.1, -0.05) is 268 Å². The van der Waals surface area contributed by atoms with E-state index in [0.717, 1.165) is 62.8 Å². The fourth-order valence-corrected chi connectivity index (χ4v) is 16.2. The first-order chi connectivity index (χ1) is 47.2. The van der Waals surface area contributed by atoms with Gasteiger partial charge in [0.15, 0.2) is 0 Å². The molecule has 0 fully saturated rings. The van der Waals surface area contributed by atoms with Gasteiger partial charge in [0.25, 0.3) is 0 Å². The third-order valence-corrected chi connectivity index (χ3v) is 21.5. The van der Waals surface area contributed by atoms with E-state index in [1.165, 1.54) is 111 Å². The lowest BCUT2D eigenvalue weighted by molar-refractivity contribution is 0.483. The van der Waals surface area contributed by atoms with Crippen molar-refractivity contribution >= 4 is 44.6 Å². The number of para-hydroxylation sites is 3. The maximum atomic E-state index is 7.11. The molecule has 99 heavy (non-hydrogen) atoms. The van der Waals surface area contributed by atoms with Gasteiger partial charge in [0.05, 0.1) is 33.5 Å². The molecule has 11 aromatic carbocycles. The van der Waals surface area contributed by atoms with E-state index in [1.807, 2.05) is 0 Å². The Balaban J connectivity index is 0.838. The maximum absolute atomic E-state index is 7.11. The minimum atomic E-state index is -0.464. The first kappa shape index (κ1) is 63.5. The van der Waals surface area contributed by atoms with E-state index in [2.05, 4.69) is 367 Å². The van der Waals surface area contributed by atoms with E-state index >= 15 is 0 Å². The predicted molar refractivity (Wildman–Crippen MR) is 417 cm³/mol. The summed E-state index contributed by atoms with van der Waals surface area (Å²) in [6.45, 7) is 35.5. The van der Waals surface area contributed by atoms with Gasteiger partial charge in [0.1, 0.15) is 24.0 Å². The van der Waals surface area contributed by atoms with Crippen LogP contribution in [-0.4, -0.2) is 16.2 Å². The second kappa shape index (κ2) is 22.9. The van der Waals surface area contributed by atoms with Crippen molar-refractivity contribution in [3.8, 4) is 61.8 Å². The van der Waals surface area contributed by atoms with E-state index in [4.69, 9.17) is 9.72 Å². The molecule has 0 atom stereocenters. The van der Waals surface area contributed by atoms with Crippen molar-refractivity contribution in [3.05, 3.63) is 310 Å². The van der Waals surface area contributed by atoms with Crippen molar-refractivity contribution in [2.24, 2.45) is 0 Å². The Bertz CT molecular complexity index is 5330. The topological polar surface area (TPSA) is 33.5 Å². The molecule has 0 N–H and O–H groups in total. The summed E-state index contributed by atoms with van der Waals surface area (Å²) in [6.07, 6.45) is 3.01. The highest BCUT2D eigenvalue weighted by molar-refractivity contribution is 6.10. The molecule has 3 heterocycles. The van der Waals surface area contributed by atoms with Crippen LogP contribution in [0.25, 0.3) is 72.1 Å². The van der Waals surface area contributed by atoms with Crippen molar-refractivity contribution in [2.45, 2.75) is 143 Å². The van der Waals surface area contributed by atoms with Crippen LogP contribution in [0.2, 0.25) is 0 Å². The molecule has 5 heteroatoms. The summed E-state index contributed by atoms with van der Waals surface area (Å²) in [5.41, 5.74) is 30.1. The summed E-state index contributed by atoms with van der Waals surface area (Å²) in [5.74, 6) is 2.38. The molecule has 0 radical (unpaired) electrons. The number of aromatic nitrogens is 2. The Morgan fingerprint density at radius 3 is 1.58 bits per heavy atom. The van der Waals surface area contributed by atoms with Gasteiger partial charge >= 0.3 is 0 Å². The zero-order valence-corrected chi connectivity index (χ0v) is 60.3. The number of hydrogen-bond donors (Lipinski definition) is 0. The zero-order chi connectivity index (χ0) is 68.9. The number of benzene rings is 11. The monoisotopic (exact) mass is 1290 g/mol. The second-order valence-electron chi connectivity index (χ2n) is 33.3. The summed E-state index contributed by atoms with van der Waals surface area (Å²) in [6, 6.07) is 91.8. The predicted octanol–water partition coefficient (Wildman–Crippen LogP) is 25.0. The summed E-state index contributed by atoms with van der Waals surface area (Å²) in [7, 11) is 0. The lowest BCUT2D eigenvalue weighted by Crippen LogP contribution is -2.34. The summed E-state index contributed by atoms with van der Waals surface area (Å²) < 4.78 is 9.43. The van der Waals surface area contributed by atoms with Gasteiger partial charge < -0.3 is 14.5 Å². The summed E-state index contributed by atoms with van der Waals surface area (Å²) in [5, 5.41) is 2.31. The average molecular weight is 1290 g/mol. The minimum absolute atomic E-state index is 0.0182. The molecule has 13 aromatic rings. The van der Waals surface area contributed by atoms with Crippen LogP contribution < -0.4 is 14.5 Å². The smallest absolute Gasteiger partial charge is 0.137 e. The lowest BCUT2D eigenvalue weighted by Gasteiger charge is -2.40. The van der Waals surface area contributed by atoms with Crippen LogP contribution in [0.3, 0.4) is 0 Å². The van der Waals surface area contributed by atoms with Crippen molar-refractivity contribution in [1.29, 1.82) is 0 Å². The van der Waals surface area contributed by atoms with Gasteiger partial charge in [-0.05, 0) is 189 Å². The van der Waals surface area contributed by atoms with Gasteiger partial charge in [0, 0.05) is 51.5 Å². The highest BCUT2D eigenvalue weighted by Gasteiger charge is 2.50. The number of nitrogens with zero attached hydrogens (tertiary/aromatic N) is 4. The molecule has 1 spiro atoms. The van der Waals surface area contributed by atoms with E-state index in [9.17, 15) is 0 Å². The second-order valence-corrected chi connectivity index (χ2v) is 33.3. The van der Waals surface area contributed by atoms with Crippen LogP contribution in [-0.2, 0) is 38.9 Å². The van der Waals surface area contributed by atoms with Crippen molar-refractivity contribution < 1.29 is 4.74 Å². The molecule has 16 rings (SSSR count). The number of anilines is 4. The van der Waals surface area contributed by atoms with Gasteiger partial charge in [-0.15, -0.1) is 0 Å². The van der Waals surface area contributed by atoms with Gasteiger partial charge in [-0.3, -0.25) is 4.57 Å². The van der Waals surface area contributed by atoms with Crippen LogP contribution in [0.4, 0.5) is 22.7 Å². The SMILES string of the molecule is CC(C)(C)c1cccc(-c2cnc(-n3c4ccccc4c4ccc(Oc5cccc(N6CN(c7c(-c8cc(C(C)(C)C)cc(C(C)(C)C)c8)cc(C(C)(C)C)cc7-c7ccc8c(c7)-c7ccccc7C87c8ccccc8Cc8ccccc87)c7ccccc76)c5)cc43)cc2C(C)(C)C)c1. The first-order valence-corrected chi connectivity index (χ1v) is 35.6. The quantitative estimate of drug-likeness (QED) is 0.152. The number of hydrogen-bond acceptors (Lipinski definition) is 4. The number of pyridine rings is 1. The van der Waals surface area contributed by atoms with Crippen molar-refractivity contribution in [3.63, 3.8) is 0 Å². The molecule has 2 aromatic heterocycles. The molecule has 0 amide bonds. The number of fused-ring (bicyclic) bond motifs is 13. The number of rotatable bonds is 8. The molecule has 0 saturated carbocycles. The molecular weight excluding hydrogens is 1200 g/mol. The van der Waals surface area contributed by atoms with Crippen LogP contribution >= 0.6 is 0 Å². The van der Waals surface area contributed by atoms with Crippen molar-refractivity contribution in [2.75, 3.05) is 16.5 Å². The Morgan fingerprint density at radius 2 is 0.899 bits per heavy atom. The Hall–Kier alpha value is -10.2. The molecule has 1 aliphatic heterocycles. The fourth-order valence-electron chi connectivity index (χ4n) is 16.2. The van der Waals surface area contributed by atoms with E-state index in [0.29, 0.717) is 6.67 Å². The summed E-state index contributed by atoms with van der Waals surface area (Å²) in [4.78, 5) is 10.4. The molecule has 0 unspecified atom stereocenters. The average Bonchev–Trinajstić information content (AvgIpc) is 1.48. The van der Waals surface area contributed by atoms with Gasteiger partial charge in [0.2, 0.25) is 0 Å². The molecule has 0 saturated heterocycles. The summed E-state index contributed by atoms with van der Waals surface area (Å²) >= 11 is 0. The van der Waals surface area contributed by atoms with E-state index in [1.54, 1.807) is 0 Å². The molecule has 492 valence electrons. The van der Waals surface area contributed by atoms with Crippen LogP contribution in [0, 0.1) is 0 Å². The highest BCUT2D eigenvalue weighted by Crippen LogP contribution is 2.61. The molecule has 2 aliphatic carbocycles. The van der Waals surface area contributed by atoms with E-state index in [-0.39, 0.29) is 27.1 Å². The normalized spacial score (nSPS) is 14.2. The third-order valence-electron chi connectivity index (χ3n) is 21.5. The zero-order valence-electron chi connectivity index (χ0n) is 60.3. The largest absolute Gasteiger partial charge is 0.457 e.